The molecule has 1 aromatic heterocycles. The number of benzene rings is 1. The molecule has 0 aliphatic carbocycles. The molecule has 1 aliphatic heterocycles. The molecule has 1 saturated heterocycles. The molecular weight excluding hydrogens is 264 g/mol. The Kier molecular flexibility index (Phi) is 3.22. The van der Waals surface area contributed by atoms with E-state index in [4.69, 9.17) is 0 Å². The summed E-state index contributed by atoms with van der Waals surface area (Å²) in [6, 6.07) is 6.72. The van der Waals surface area contributed by atoms with Crippen molar-refractivity contribution in [3.8, 4) is 10.6 Å². The van der Waals surface area contributed by atoms with Gasteiger partial charge in [0.15, 0.2) is 0 Å². The number of rotatable bonds is 3. The van der Waals surface area contributed by atoms with Gasteiger partial charge >= 0.3 is 0 Å². The third kappa shape index (κ3) is 2.47. The zero-order valence-electron chi connectivity index (χ0n) is 10.1. The highest BCUT2D eigenvalue weighted by Crippen LogP contribution is 2.31. The number of hydrogen-bond donors (Lipinski definition) is 1. The standard InChI is InChI=1S/C12H12N4O2S/c17-16(18)9-5-3-8(4-6-9)11-14-15-12(19-11)10-2-1-7-13-10/h3-6,10,13H,1-2,7H2. The summed E-state index contributed by atoms with van der Waals surface area (Å²) in [6.07, 6.45) is 2.26. The Balaban J connectivity index is 1.83. The van der Waals surface area contributed by atoms with Crippen molar-refractivity contribution in [3.63, 3.8) is 0 Å². The number of nitrogens with zero attached hydrogens (tertiary/aromatic N) is 3. The van der Waals surface area contributed by atoms with Gasteiger partial charge in [-0.3, -0.25) is 10.1 Å². The highest BCUT2D eigenvalue weighted by Gasteiger charge is 2.20. The fourth-order valence-electron chi connectivity index (χ4n) is 2.11. The average molecular weight is 276 g/mol. The predicted molar refractivity (Wildman–Crippen MR) is 72.0 cm³/mol. The van der Waals surface area contributed by atoms with Crippen LogP contribution in [0.25, 0.3) is 10.6 Å². The number of nitrogens with one attached hydrogen (secondary N) is 1. The van der Waals surface area contributed by atoms with Crippen LogP contribution in [0.5, 0.6) is 0 Å². The van der Waals surface area contributed by atoms with E-state index in [9.17, 15) is 10.1 Å². The van der Waals surface area contributed by atoms with Gasteiger partial charge < -0.3 is 5.32 Å². The Morgan fingerprint density at radius 1 is 1.32 bits per heavy atom. The van der Waals surface area contributed by atoms with E-state index in [-0.39, 0.29) is 5.69 Å². The average Bonchev–Trinajstić information content (AvgIpc) is 3.10. The third-order valence-electron chi connectivity index (χ3n) is 3.12. The van der Waals surface area contributed by atoms with Gasteiger partial charge in [0.25, 0.3) is 5.69 Å². The normalized spacial score (nSPS) is 18.6. The van der Waals surface area contributed by atoms with Gasteiger partial charge in [0, 0.05) is 17.7 Å². The quantitative estimate of drug-likeness (QED) is 0.688. The predicted octanol–water partition coefficient (Wildman–Crippen LogP) is 2.54. The van der Waals surface area contributed by atoms with Crippen molar-refractivity contribution in [2.45, 2.75) is 18.9 Å². The summed E-state index contributed by atoms with van der Waals surface area (Å²) in [5.74, 6) is 0. The van der Waals surface area contributed by atoms with Crippen LogP contribution >= 0.6 is 11.3 Å². The maximum atomic E-state index is 10.6. The Labute approximate surface area is 113 Å². The molecule has 1 aromatic carbocycles. The summed E-state index contributed by atoms with van der Waals surface area (Å²) >= 11 is 1.54. The molecule has 0 amide bonds. The van der Waals surface area contributed by atoms with Crippen LogP contribution < -0.4 is 5.32 Å². The van der Waals surface area contributed by atoms with Crippen LogP contribution in [0.15, 0.2) is 24.3 Å². The van der Waals surface area contributed by atoms with Crippen LogP contribution in [0, 0.1) is 10.1 Å². The topological polar surface area (TPSA) is 81.0 Å². The van der Waals surface area contributed by atoms with E-state index in [1.54, 1.807) is 23.5 Å². The molecule has 1 N–H and O–H groups in total. The Hall–Kier alpha value is -1.86. The van der Waals surface area contributed by atoms with Crippen molar-refractivity contribution >= 4 is 17.0 Å². The van der Waals surface area contributed by atoms with E-state index in [1.165, 1.54) is 12.1 Å². The van der Waals surface area contributed by atoms with Crippen molar-refractivity contribution in [2.75, 3.05) is 6.54 Å². The second-order valence-electron chi connectivity index (χ2n) is 4.40. The fourth-order valence-corrected chi connectivity index (χ4v) is 3.07. The summed E-state index contributed by atoms with van der Waals surface area (Å²) in [6.45, 7) is 1.02. The Bertz CT molecular complexity index is 590. The first-order valence-electron chi connectivity index (χ1n) is 6.05. The largest absolute Gasteiger partial charge is 0.308 e. The molecule has 0 saturated carbocycles. The molecule has 2 aromatic rings. The molecule has 6 nitrogen and oxygen atoms in total. The van der Waals surface area contributed by atoms with Crippen LogP contribution in [-0.4, -0.2) is 21.7 Å². The zero-order chi connectivity index (χ0) is 13.2. The van der Waals surface area contributed by atoms with Gasteiger partial charge in [-0.2, -0.15) is 0 Å². The number of nitro benzene ring substituents is 1. The van der Waals surface area contributed by atoms with Crippen molar-refractivity contribution in [1.82, 2.24) is 15.5 Å². The van der Waals surface area contributed by atoms with Crippen molar-refractivity contribution < 1.29 is 4.92 Å². The highest BCUT2D eigenvalue weighted by atomic mass is 32.1. The summed E-state index contributed by atoms with van der Waals surface area (Å²) in [4.78, 5) is 10.2. The van der Waals surface area contributed by atoms with Crippen molar-refractivity contribution in [2.24, 2.45) is 0 Å². The minimum atomic E-state index is -0.405. The molecule has 2 heterocycles. The lowest BCUT2D eigenvalue weighted by molar-refractivity contribution is -0.384. The van der Waals surface area contributed by atoms with Crippen LogP contribution in [0.1, 0.15) is 23.9 Å². The van der Waals surface area contributed by atoms with E-state index in [1.807, 2.05) is 0 Å². The van der Waals surface area contributed by atoms with Crippen LogP contribution in [0.4, 0.5) is 5.69 Å². The molecule has 0 radical (unpaired) electrons. The molecule has 0 spiro atoms. The molecule has 1 atom stereocenters. The minimum Gasteiger partial charge on any atom is -0.308 e. The maximum Gasteiger partial charge on any atom is 0.269 e. The summed E-state index contributed by atoms with van der Waals surface area (Å²) < 4.78 is 0. The summed E-state index contributed by atoms with van der Waals surface area (Å²) in [5, 5.41) is 24.1. The van der Waals surface area contributed by atoms with Crippen molar-refractivity contribution in [3.05, 3.63) is 39.4 Å². The lowest BCUT2D eigenvalue weighted by Crippen LogP contribution is -2.12. The SMILES string of the molecule is O=[N+]([O-])c1ccc(-c2nnc(C3CCCN3)s2)cc1. The number of nitro groups is 1. The number of aromatic nitrogens is 2. The number of hydrogen-bond acceptors (Lipinski definition) is 6. The van der Waals surface area contributed by atoms with Gasteiger partial charge in [0.2, 0.25) is 0 Å². The summed E-state index contributed by atoms with van der Waals surface area (Å²) in [5.41, 5.74) is 0.957. The molecule has 98 valence electrons. The zero-order valence-corrected chi connectivity index (χ0v) is 10.9. The molecule has 0 bridgehead atoms. The van der Waals surface area contributed by atoms with Crippen molar-refractivity contribution in [1.29, 1.82) is 0 Å². The van der Waals surface area contributed by atoms with E-state index < -0.39 is 4.92 Å². The Morgan fingerprint density at radius 3 is 2.74 bits per heavy atom. The van der Waals surface area contributed by atoms with Gasteiger partial charge in [0.05, 0.1) is 11.0 Å². The van der Waals surface area contributed by atoms with E-state index in [2.05, 4.69) is 15.5 Å². The second-order valence-corrected chi connectivity index (χ2v) is 5.41. The van der Waals surface area contributed by atoms with Gasteiger partial charge in [-0.05, 0) is 31.5 Å². The molecule has 1 unspecified atom stereocenters. The van der Waals surface area contributed by atoms with Crippen LogP contribution in [0.2, 0.25) is 0 Å². The van der Waals surface area contributed by atoms with Gasteiger partial charge in [-0.1, -0.05) is 11.3 Å². The van der Waals surface area contributed by atoms with Gasteiger partial charge in [-0.15, -0.1) is 10.2 Å². The Morgan fingerprint density at radius 2 is 2.11 bits per heavy atom. The maximum absolute atomic E-state index is 10.6. The monoisotopic (exact) mass is 276 g/mol. The molecule has 19 heavy (non-hydrogen) atoms. The van der Waals surface area contributed by atoms with E-state index in [0.29, 0.717) is 6.04 Å². The lowest BCUT2D eigenvalue weighted by Gasteiger charge is -2.02. The van der Waals surface area contributed by atoms with E-state index in [0.717, 1.165) is 35.0 Å². The summed E-state index contributed by atoms with van der Waals surface area (Å²) in [7, 11) is 0. The van der Waals surface area contributed by atoms with Gasteiger partial charge in [-0.25, -0.2) is 0 Å². The minimum absolute atomic E-state index is 0.0888. The number of non-ortho nitro benzene ring substituents is 1. The fraction of sp³-hybridized carbons (Fsp3) is 0.333. The molecule has 1 aliphatic rings. The first-order valence-corrected chi connectivity index (χ1v) is 6.87. The van der Waals surface area contributed by atoms with Gasteiger partial charge in [0.1, 0.15) is 10.0 Å². The highest BCUT2D eigenvalue weighted by molar-refractivity contribution is 7.14. The lowest BCUT2D eigenvalue weighted by atomic mass is 10.2. The smallest absolute Gasteiger partial charge is 0.269 e. The first kappa shape index (κ1) is 12.2. The first-order chi connectivity index (χ1) is 9.24. The van der Waals surface area contributed by atoms with Crippen LogP contribution in [0.3, 0.4) is 0 Å². The molecule has 3 rings (SSSR count). The third-order valence-corrected chi connectivity index (χ3v) is 4.21. The van der Waals surface area contributed by atoms with Crippen LogP contribution in [-0.2, 0) is 0 Å². The second kappa shape index (κ2) is 5.02. The molecule has 1 fully saturated rings. The molecular formula is C12H12N4O2S. The molecule has 7 heteroatoms. The van der Waals surface area contributed by atoms with E-state index >= 15 is 0 Å².